The summed E-state index contributed by atoms with van der Waals surface area (Å²) in [7, 11) is 5.42. The summed E-state index contributed by atoms with van der Waals surface area (Å²) < 4.78 is 10.9. The molecule has 0 aromatic heterocycles. The molecule has 2 rings (SSSR count). The molecule has 0 amide bonds. The van der Waals surface area contributed by atoms with Gasteiger partial charge in [-0.3, -0.25) is 0 Å². The summed E-state index contributed by atoms with van der Waals surface area (Å²) in [5.74, 6) is 1.50. The van der Waals surface area contributed by atoms with Crippen molar-refractivity contribution in [2.24, 2.45) is 0 Å². The van der Waals surface area contributed by atoms with Crippen LogP contribution in [0.25, 0.3) is 5.70 Å². The Kier molecular flexibility index (Phi) is 4.65. The van der Waals surface area contributed by atoms with E-state index in [-0.39, 0.29) is 5.54 Å². The Morgan fingerprint density at radius 3 is 2.50 bits per heavy atom. The average molecular weight is 300 g/mol. The van der Waals surface area contributed by atoms with Gasteiger partial charge in [-0.1, -0.05) is 6.08 Å². The Bertz CT molecular complexity index is 627. The molecule has 0 bridgehead atoms. The van der Waals surface area contributed by atoms with Gasteiger partial charge in [-0.15, -0.1) is 0 Å². The van der Waals surface area contributed by atoms with Gasteiger partial charge in [0.15, 0.2) is 11.5 Å². The molecule has 1 aromatic rings. The molecule has 1 aliphatic rings. The van der Waals surface area contributed by atoms with E-state index < -0.39 is 0 Å². The summed E-state index contributed by atoms with van der Waals surface area (Å²) in [6.07, 6.45) is 4.37. The molecule has 0 saturated heterocycles. The number of likely N-dealkylation sites (N-methyl/N-ethyl adjacent to an activating group) is 1. The lowest BCUT2D eigenvalue weighted by atomic mass is 9.83. The van der Waals surface area contributed by atoms with Crippen LogP contribution in [0.4, 0.5) is 0 Å². The van der Waals surface area contributed by atoms with E-state index in [4.69, 9.17) is 14.7 Å². The molecule has 0 unspecified atom stereocenters. The molecular formula is C18H24N2O2. The van der Waals surface area contributed by atoms with Crippen LogP contribution in [0.3, 0.4) is 0 Å². The summed E-state index contributed by atoms with van der Waals surface area (Å²) in [5, 5.41) is 8.78. The van der Waals surface area contributed by atoms with Gasteiger partial charge in [-0.25, -0.2) is 0 Å². The maximum absolute atomic E-state index is 8.78. The van der Waals surface area contributed by atoms with Crippen LogP contribution in [0.2, 0.25) is 0 Å². The highest BCUT2D eigenvalue weighted by molar-refractivity contribution is 5.72. The second-order valence-corrected chi connectivity index (χ2v) is 6.20. The normalized spacial score (nSPS) is 17.8. The van der Waals surface area contributed by atoms with Gasteiger partial charge in [0.05, 0.1) is 20.3 Å². The van der Waals surface area contributed by atoms with E-state index in [1.807, 2.05) is 6.07 Å². The van der Waals surface area contributed by atoms with Crippen molar-refractivity contribution in [3.05, 3.63) is 29.3 Å². The fraction of sp³-hybridized carbons (Fsp3) is 0.500. The minimum absolute atomic E-state index is 0.0189. The molecule has 22 heavy (non-hydrogen) atoms. The number of rotatable bonds is 4. The SMILES string of the molecule is COc1cc2c(cc1OC)/C(=C\CCC#N)N(C)C(C)(C)C2. The summed E-state index contributed by atoms with van der Waals surface area (Å²) in [6, 6.07) is 6.31. The third kappa shape index (κ3) is 2.89. The third-order valence-corrected chi connectivity index (χ3v) is 4.37. The van der Waals surface area contributed by atoms with Crippen LogP contribution in [-0.4, -0.2) is 31.7 Å². The van der Waals surface area contributed by atoms with Gasteiger partial charge in [0.25, 0.3) is 0 Å². The first-order valence-electron chi connectivity index (χ1n) is 7.51. The zero-order valence-corrected chi connectivity index (χ0v) is 14.1. The third-order valence-electron chi connectivity index (χ3n) is 4.37. The molecule has 1 aromatic carbocycles. The van der Waals surface area contributed by atoms with Crippen LogP contribution < -0.4 is 9.47 Å². The molecular weight excluding hydrogens is 276 g/mol. The number of fused-ring (bicyclic) bond motifs is 1. The van der Waals surface area contributed by atoms with Crippen LogP contribution in [0.5, 0.6) is 11.5 Å². The summed E-state index contributed by atoms with van der Waals surface area (Å²) >= 11 is 0. The van der Waals surface area contributed by atoms with E-state index in [2.05, 4.69) is 44.0 Å². The summed E-state index contributed by atoms with van der Waals surface area (Å²) in [6.45, 7) is 4.45. The number of nitrogens with zero attached hydrogens (tertiary/aromatic N) is 2. The summed E-state index contributed by atoms with van der Waals surface area (Å²) in [4.78, 5) is 2.29. The van der Waals surface area contributed by atoms with E-state index in [1.54, 1.807) is 14.2 Å². The number of hydrogen-bond donors (Lipinski definition) is 0. The maximum Gasteiger partial charge on any atom is 0.161 e. The van der Waals surface area contributed by atoms with Gasteiger partial charge in [0, 0.05) is 30.3 Å². The molecule has 0 radical (unpaired) electrons. The van der Waals surface area contributed by atoms with Crippen molar-refractivity contribution in [2.75, 3.05) is 21.3 Å². The van der Waals surface area contributed by atoms with E-state index in [0.29, 0.717) is 6.42 Å². The molecule has 0 fully saturated rings. The fourth-order valence-electron chi connectivity index (χ4n) is 2.92. The Balaban J connectivity index is 2.56. The average Bonchev–Trinajstić information content (AvgIpc) is 2.49. The van der Waals surface area contributed by atoms with Gasteiger partial charge >= 0.3 is 0 Å². The van der Waals surface area contributed by atoms with Crippen molar-refractivity contribution < 1.29 is 9.47 Å². The van der Waals surface area contributed by atoms with Gasteiger partial charge in [-0.05, 0) is 44.4 Å². The molecule has 0 aliphatic carbocycles. The largest absolute Gasteiger partial charge is 0.493 e. The zero-order valence-electron chi connectivity index (χ0n) is 14.1. The van der Waals surface area contributed by atoms with Crippen molar-refractivity contribution >= 4 is 5.70 Å². The van der Waals surface area contributed by atoms with E-state index in [9.17, 15) is 0 Å². The fourth-order valence-corrected chi connectivity index (χ4v) is 2.92. The lowest BCUT2D eigenvalue weighted by molar-refractivity contribution is 0.227. The molecule has 4 heteroatoms. The highest BCUT2D eigenvalue weighted by Crippen LogP contribution is 2.42. The van der Waals surface area contributed by atoms with Crippen molar-refractivity contribution in [3.63, 3.8) is 0 Å². The standard InChI is InChI=1S/C18H24N2O2/c1-18(2)12-13-10-16(21-4)17(22-5)11-14(13)15(20(18)3)8-6-7-9-19/h8,10-11H,6-7,12H2,1-5H3/b15-8+. The van der Waals surface area contributed by atoms with Gasteiger partial charge in [0.2, 0.25) is 0 Å². The molecule has 0 saturated carbocycles. The first kappa shape index (κ1) is 16.2. The number of benzene rings is 1. The molecule has 0 N–H and O–H groups in total. The quantitative estimate of drug-likeness (QED) is 0.797. The minimum atomic E-state index is 0.0189. The highest BCUT2D eigenvalue weighted by Gasteiger charge is 2.33. The van der Waals surface area contributed by atoms with Crippen molar-refractivity contribution in [3.8, 4) is 17.6 Å². The Hall–Kier alpha value is -2.15. The van der Waals surface area contributed by atoms with Crippen molar-refractivity contribution in [2.45, 2.75) is 38.6 Å². The maximum atomic E-state index is 8.78. The minimum Gasteiger partial charge on any atom is -0.493 e. The van der Waals surface area contributed by atoms with Gasteiger partial charge in [0.1, 0.15) is 0 Å². The van der Waals surface area contributed by atoms with Crippen LogP contribution >= 0.6 is 0 Å². The highest BCUT2D eigenvalue weighted by atomic mass is 16.5. The van der Waals surface area contributed by atoms with E-state index >= 15 is 0 Å². The van der Waals surface area contributed by atoms with Crippen LogP contribution in [-0.2, 0) is 6.42 Å². The second kappa shape index (κ2) is 6.31. The number of methoxy groups -OCH3 is 2. The number of allylic oxidation sites excluding steroid dienone is 1. The van der Waals surface area contributed by atoms with E-state index in [1.165, 1.54) is 5.56 Å². The Labute approximate surface area is 132 Å². The monoisotopic (exact) mass is 300 g/mol. The van der Waals surface area contributed by atoms with Crippen LogP contribution in [0, 0.1) is 11.3 Å². The second-order valence-electron chi connectivity index (χ2n) is 6.20. The number of ether oxygens (including phenoxy) is 2. The lowest BCUT2D eigenvalue weighted by Crippen LogP contribution is -2.45. The topological polar surface area (TPSA) is 45.5 Å². The molecule has 1 aliphatic heterocycles. The molecule has 4 nitrogen and oxygen atoms in total. The predicted octanol–water partition coefficient (Wildman–Crippen LogP) is 3.61. The lowest BCUT2D eigenvalue weighted by Gasteiger charge is -2.44. The molecule has 0 spiro atoms. The van der Waals surface area contributed by atoms with Crippen molar-refractivity contribution in [1.29, 1.82) is 5.26 Å². The Morgan fingerprint density at radius 2 is 1.91 bits per heavy atom. The summed E-state index contributed by atoms with van der Waals surface area (Å²) in [5.41, 5.74) is 3.59. The predicted molar refractivity (Wildman–Crippen MR) is 87.9 cm³/mol. The smallest absolute Gasteiger partial charge is 0.161 e. The number of unbranched alkanes of at least 4 members (excludes halogenated alkanes) is 1. The zero-order chi connectivity index (χ0) is 16.3. The van der Waals surface area contributed by atoms with Gasteiger partial charge in [-0.2, -0.15) is 5.26 Å². The first-order valence-corrected chi connectivity index (χ1v) is 7.51. The number of hydrogen-bond acceptors (Lipinski definition) is 4. The van der Waals surface area contributed by atoms with E-state index in [0.717, 1.165) is 35.6 Å². The first-order chi connectivity index (χ1) is 10.4. The van der Waals surface area contributed by atoms with Crippen LogP contribution in [0.15, 0.2) is 18.2 Å². The number of nitriles is 1. The van der Waals surface area contributed by atoms with Crippen LogP contribution in [0.1, 0.15) is 37.8 Å². The Morgan fingerprint density at radius 1 is 1.27 bits per heavy atom. The molecule has 118 valence electrons. The molecule has 1 heterocycles. The van der Waals surface area contributed by atoms with Crippen molar-refractivity contribution in [1.82, 2.24) is 4.90 Å². The molecule has 0 atom stereocenters. The van der Waals surface area contributed by atoms with Gasteiger partial charge < -0.3 is 14.4 Å².